The molecule has 0 fully saturated rings. The van der Waals surface area contributed by atoms with Crippen LogP contribution < -0.4 is 5.73 Å². The van der Waals surface area contributed by atoms with E-state index in [9.17, 15) is 5.11 Å². The van der Waals surface area contributed by atoms with Gasteiger partial charge in [0.15, 0.2) is 0 Å². The highest BCUT2D eigenvalue weighted by molar-refractivity contribution is 9.10. The number of aliphatic hydroxyl groups excluding tert-OH is 1. The Hall–Kier alpha value is -1.16. The number of halogens is 1. The molecule has 0 saturated carbocycles. The van der Waals surface area contributed by atoms with Gasteiger partial charge in [-0.1, -0.05) is 58.4 Å². The zero-order valence-electron chi connectivity index (χ0n) is 9.96. The van der Waals surface area contributed by atoms with E-state index in [1.165, 1.54) is 0 Å². The van der Waals surface area contributed by atoms with Gasteiger partial charge in [0.2, 0.25) is 0 Å². The summed E-state index contributed by atoms with van der Waals surface area (Å²) in [6.07, 6.45) is -0.0178. The molecule has 0 bridgehead atoms. The molecule has 0 saturated heterocycles. The SMILES string of the molecule is N[C@H](c1cccc(Br)c1)[C@@H](O)Cc1ccccc1. The van der Waals surface area contributed by atoms with Crippen molar-refractivity contribution >= 4 is 15.9 Å². The van der Waals surface area contributed by atoms with Gasteiger partial charge in [-0.05, 0) is 23.3 Å². The third-order valence-corrected chi connectivity index (χ3v) is 3.43. The fourth-order valence-corrected chi connectivity index (χ4v) is 2.34. The third kappa shape index (κ3) is 3.42. The van der Waals surface area contributed by atoms with Crippen LogP contribution in [-0.4, -0.2) is 11.2 Å². The fraction of sp³-hybridized carbons (Fsp3) is 0.200. The minimum Gasteiger partial charge on any atom is -0.391 e. The normalized spacial score (nSPS) is 14.2. The van der Waals surface area contributed by atoms with Crippen LogP contribution in [0.1, 0.15) is 17.2 Å². The minimum absolute atomic E-state index is 0.372. The summed E-state index contributed by atoms with van der Waals surface area (Å²) in [5.41, 5.74) is 8.12. The lowest BCUT2D eigenvalue weighted by molar-refractivity contribution is 0.145. The van der Waals surface area contributed by atoms with Gasteiger partial charge in [0, 0.05) is 10.9 Å². The molecule has 2 aromatic rings. The summed E-state index contributed by atoms with van der Waals surface area (Å²) in [4.78, 5) is 0. The van der Waals surface area contributed by atoms with E-state index in [0.717, 1.165) is 15.6 Å². The smallest absolute Gasteiger partial charge is 0.0773 e. The second kappa shape index (κ2) is 6.14. The molecular weight excluding hydrogens is 290 g/mol. The summed E-state index contributed by atoms with van der Waals surface area (Å²) in [5.74, 6) is 0. The van der Waals surface area contributed by atoms with Crippen LogP contribution in [0.3, 0.4) is 0 Å². The molecule has 0 radical (unpaired) electrons. The summed E-state index contributed by atoms with van der Waals surface area (Å²) >= 11 is 3.41. The zero-order chi connectivity index (χ0) is 13.0. The van der Waals surface area contributed by atoms with E-state index in [1.54, 1.807) is 0 Å². The highest BCUT2D eigenvalue weighted by Gasteiger charge is 2.17. The third-order valence-electron chi connectivity index (χ3n) is 2.94. The average molecular weight is 306 g/mol. The Morgan fingerprint density at radius 2 is 1.78 bits per heavy atom. The van der Waals surface area contributed by atoms with Gasteiger partial charge in [0.25, 0.3) is 0 Å². The van der Waals surface area contributed by atoms with Gasteiger partial charge in [-0.25, -0.2) is 0 Å². The Morgan fingerprint density at radius 3 is 2.44 bits per heavy atom. The Balaban J connectivity index is 2.07. The van der Waals surface area contributed by atoms with Crippen molar-refractivity contribution in [2.75, 3.05) is 0 Å². The Bertz CT molecular complexity index is 501. The van der Waals surface area contributed by atoms with Crippen LogP contribution in [0, 0.1) is 0 Å². The predicted molar refractivity (Wildman–Crippen MR) is 77.2 cm³/mol. The zero-order valence-corrected chi connectivity index (χ0v) is 11.5. The molecule has 0 heterocycles. The first-order valence-electron chi connectivity index (χ1n) is 5.90. The summed E-state index contributed by atoms with van der Waals surface area (Å²) in [6, 6.07) is 17.3. The number of hydrogen-bond donors (Lipinski definition) is 2. The molecule has 94 valence electrons. The van der Waals surface area contributed by atoms with Crippen LogP contribution in [0.5, 0.6) is 0 Å². The maximum atomic E-state index is 10.2. The fourth-order valence-electron chi connectivity index (χ4n) is 1.92. The molecule has 3 N–H and O–H groups in total. The molecule has 2 nitrogen and oxygen atoms in total. The molecule has 0 aromatic heterocycles. The Labute approximate surface area is 116 Å². The molecule has 18 heavy (non-hydrogen) atoms. The van der Waals surface area contributed by atoms with E-state index in [1.807, 2.05) is 54.6 Å². The second-order valence-electron chi connectivity index (χ2n) is 4.34. The van der Waals surface area contributed by atoms with Gasteiger partial charge in [0.1, 0.15) is 0 Å². The summed E-state index contributed by atoms with van der Waals surface area (Å²) < 4.78 is 0.974. The van der Waals surface area contributed by atoms with Crippen LogP contribution in [0.15, 0.2) is 59.1 Å². The van der Waals surface area contributed by atoms with Crippen molar-refractivity contribution in [1.82, 2.24) is 0 Å². The van der Waals surface area contributed by atoms with Crippen molar-refractivity contribution in [3.8, 4) is 0 Å². The van der Waals surface area contributed by atoms with Gasteiger partial charge in [0.05, 0.1) is 12.1 Å². The van der Waals surface area contributed by atoms with Gasteiger partial charge >= 0.3 is 0 Å². The van der Waals surface area contributed by atoms with Crippen molar-refractivity contribution in [2.45, 2.75) is 18.6 Å². The predicted octanol–water partition coefficient (Wildman–Crippen LogP) is 3.05. The molecule has 0 unspecified atom stereocenters. The summed E-state index contributed by atoms with van der Waals surface area (Å²) in [7, 11) is 0. The largest absolute Gasteiger partial charge is 0.391 e. The van der Waals surface area contributed by atoms with Crippen molar-refractivity contribution in [3.05, 3.63) is 70.2 Å². The molecule has 0 spiro atoms. The van der Waals surface area contributed by atoms with E-state index in [-0.39, 0.29) is 6.04 Å². The van der Waals surface area contributed by atoms with E-state index in [2.05, 4.69) is 15.9 Å². The molecule has 2 rings (SSSR count). The Morgan fingerprint density at radius 1 is 1.06 bits per heavy atom. The van der Waals surface area contributed by atoms with Crippen LogP contribution in [0.25, 0.3) is 0 Å². The van der Waals surface area contributed by atoms with Crippen molar-refractivity contribution in [1.29, 1.82) is 0 Å². The number of hydrogen-bond acceptors (Lipinski definition) is 2. The lowest BCUT2D eigenvalue weighted by atomic mass is 9.97. The molecule has 0 amide bonds. The van der Waals surface area contributed by atoms with Gasteiger partial charge in [-0.15, -0.1) is 0 Å². The van der Waals surface area contributed by atoms with Crippen molar-refractivity contribution in [3.63, 3.8) is 0 Å². The molecule has 2 aromatic carbocycles. The topological polar surface area (TPSA) is 46.2 Å². The Kier molecular flexibility index (Phi) is 4.53. The summed E-state index contributed by atoms with van der Waals surface area (Å²) in [5, 5.41) is 10.2. The minimum atomic E-state index is -0.582. The van der Waals surface area contributed by atoms with E-state index in [0.29, 0.717) is 6.42 Å². The highest BCUT2D eigenvalue weighted by Crippen LogP contribution is 2.20. The number of benzene rings is 2. The van der Waals surface area contributed by atoms with E-state index >= 15 is 0 Å². The standard InChI is InChI=1S/C15H16BrNO/c16-13-8-4-7-12(10-13)15(17)14(18)9-11-5-2-1-3-6-11/h1-8,10,14-15,18H,9,17H2/t14-,15+/m0/s1. The van der Waals surface area contributed by atoms with E-state index < -0.39 is 6.10 Å². The van der Waals surface area contributed by atoms with Crippen LogP contribution in [0.2, 0.25) is 0 Å². The molecular formula is C15H16BrNO. The highest BCUT2D eigenvalue weighted by atomic mass is 79.9. The van der Waals surface area contributed by atoms with E-state index in [4.69, 9.17) is 5.73 Å². The number of aliphatic hydroxyl groups is 1. The molecule has 0 aliphatic rings. The number of nitrogens with two attached hydrogens (primary N) is 1. The van der Waals surface area contributed by atoms with Crippen LogP contribution in [0.4, 0.5) is 0 Å². The lowest BCUT2D eigenvalue weighted by Gasteiger charge is -2.19. The summed E-state index contributed by atoms with van der Waals surface area (Å²) in [6.45, 7) is 0. The molecule has 0 aliphatic heterocycles. The van der Waals surface area contributed by atoms with Crippen LogP contribution in [-0.2, 0) is 6.42 Å². The van der Waals surface area contributed by atoms with Gasteiger partial charge in [-0.2, -0.15) is 0 Å². The first-order chi connectivity index (χ1) is 8.66. The van der Waals surface area contributed by atoms with Crippen molar-refractivity contribution < 1.29 is 5.11 Å². The van der Waals surface area contributed by atoms with Gasteiger partial charge < -0.3 is 10.8 Å². The maximum Gasteiger partial charge on any atom is 0.0773 e. The molecule has 2 atom stereocenters. The second-order valence-corrected chi connectivity index (χ2v) is 5.25. The first kappa shape index (κ1) is 13.3. The lowest BCUT2D eigenvalue weighted by Crippen LogP contribution is -2.28. The molecule has 0 aliphatic carbocycles. The van der Waals surface area contributed by atoms with Gasteiger partial charge in [-0.3, -0.25) is 0 Å². The quantitative estimate of drug-likeness (QED) is 0.912. The first-order valence-corrected chi connectivity index (χ1v) is 6.69. The average Bonchev–Trinajstić information content (AvgIpc) is 2.39. The van der Waals surface area contributed by atoms with Crippen molar-refractivity contribution in [2.24, 2.45) is 5.73 Å². The van der Waals surface area contributed by atoms with Crippen LogP contribution >= 0.6 is 15.9 Å². The monoisotopic (exact) mass is 305 g/mol. The number of rotatable bonds is 4. The maximum absolute atomic E-state index is 10.2. The molecule has 3 heteroatoms.